The summed E-state index contributed by atoms with van der Waals surface area (Å²) in [6.45, 7) is 2.70. The zero-order valence-corrected chi connectivity index (χ0v) is 12.8. The summed E-state index contributed by atoms with van der Waals surface area (Å²) in [5.41, 5.74) is 0. The summed E-state index contributed by atoms with van der Waals surface area (Å²) < 4.78 is 31.9. The number of amides is 2. The maximum atomic E-state index is 12.7. The van der Waals surface area contributed by atoms with Crippen molar-refractivity contribution < 1.29 is 18.3 Å². The topological polar surface area (TPSA) is 59.4 Å². The van der Waals surface area contributed by atoms with Crippen molar-refractivity contribution in [1.29, 1.82) is 0 Å². The molecule has 124 valence electrons. The van der Waals surface area contributed by atoms with E-state index in [1.54, 1.807) is 4.90 Å². The first-order valence-electron chi connectivity index (χ1n) is 7.49. The lowest BCUT2D eigenvalue weighted by atomic mass is 10.2. The number of ether oxygens (including phenoxy) is 1. The highest BCUT2D eigenvalue weighted by Gasteiger charge is 2.27. The number of imidazole rings is 1. The lowest BCUT2D eigenvalue weighted by molar-refractivity contribution is -0.0645. The van der Waals surface area contributed by atoms with Crippen molar-refractivity contribution in [2.75, 3.05) is 19.6 Å². The fourth-order valence-corrected chi connectivity index (χ4v) is 2.54. The summed E-state index contributed by atoms with van der Waals surface area (Å²) in [6.07, 6.45) is 3.73. The molecular formula is C14H22F2N4O2. The third-order valence-electron chi connectivity index (χ3n) is 3.65. The second-order valence-electron chi connectivity index (χ2n) is 5.39. The molecule has 22 heavy (non-hydrogen) atoms. The highest BCUT2D eigenvalue weighted by atomic mass is 19.3. The molecule has 1 saturated heterocycles. The van der Waals surface area contributed by atoms with Crippen LogP contribution in [-0.4, -0.2) is 52.3 Å². The van der Waals surface area contributed by atoms with E-state index in [1.807, 2.05) is 13.8 Å². The molecule has 1 N–H and O–H groups in total. The fraction of sp³-hybridized carbons (Fsp3) is 0.714. The molecule has 2 rings (SSSR count). The van der Waals surface area contributed by atoms with Crippen LogP contribution in [0.4, 0.5) is 13.6 Å². The third-order valence-corrected chi connectivity index (χ3v) is 3.65. The SMILES string of the molecule is CC[C@@H]1CN(C(=O)NCCc2nccn2C(F)F)C[C@H](C)O1. The number of urea groups is 1. The van der Waals surface area contributed by atoms with Gasteiger partial charge >= 0.3 is 12.6 Å². The van der Waals surface area contributed by atoms with Gasteiger partial charge in [0, 0.05) is 38.4 Å². The molecule has 0 bridgehead atoms. The van der Waals surface area contributed by atoms with E-state index < -0.39 is 6.55 Å². The van der Waals surface area contributed by atoms with Crippen LogP contribution in [0.2, 0.25) is 0 Å². The molecule has 0 unspecified atom stereocenters. The van der Waals surface area contributed by atoms with Crippen LogP contribution in [0, 0.1) is 0 Å². The van der Waals surface area contributed by atoms with Crippen molar-refractivity contribution in [2.45, 2.75) is 45.4 Å². The maximum Gasteiger partial charge on any atom is 0.319 e. The van der Waals surface area contributed by atoms with Crippen LogP contribution in [-0.2, 0) is 11.2 Å². The number of nitrogens with zero attached hydrogens (tertiary/aromatic N) is 3. The minimum Gasteiger partial charge on any atom is -0.372 e. The summed E-state index contributed by atoms with van der Waals surface area (Å²) in [6, 6.07) is -0.191. The number of aromatic nitrogens is 2. The smallest absolute Gasteiger partial charge is 0.319 e. The van der Waals surface area contributed by atoms with Gasteiger partial charge < -0.3 is 15.0 Å². The summed E-state index contributed by atoms with van der Waals surface area (Å²) in [4.78, 5) is 17.7. The maximum absolute atomic E-state index is 12.7. The van der Waals surface area contributed by atoms with Gasteiger partial charge in [0.2, 0.25) is 0 Å². The van der Waals surface area contributed by atoms with Gasteiger partial charge in [0.1, 0.15) is 5.82 Å². The molecule has 1 aliphatic rings. The van der Waals surface area contributed by atoms with Gasteiger partial charge in [0.25, 0.3) is 0 Å². The summed E-state index contributed by atoms with van der Waals surface area (Å²) >= 11 is 0. The number of hydrogen-bond acceptors (Lipinski definition) is 3. The number of alkyl halides is 2. The van der Waals surface area contributed by atoms with E-state index >= 15 is 0 Å². The average Bonchev–Trinajstić information content (AvgIpc) is 2.95. The van der Waals surface area contributed by atoms with E-state index in [0.717, 1.165) is 11.0 Å². The van der Waals surface area contributed by atoms with Crippen molar-refractivity contribution in [1.82, 2.24) is 19.8 Å². The van der Waals surface area contributed by atoms with Gasteiger partial charge in [-0.15, -0.1) is 0 Å². The zero-order valence-electron chi connectivity index (χ0n) is 12.8. The van der Waals surface area contributed by atoms with Crippen LogP contribution in [0.3, 0.4) is 0 Å². The molecule has 6 nitrogen and oxygen atoms in total. The van der Waals surface area contributed by atoms with Gasteiger partial charge in [0.05, 0.1) is 12.2 Å². The fourth-order valence-electron chi connectivity index (χ4n) is 2.54. The predicted molar refractivity (Wildman–Crippen MR) is 76.8 cm³/mol. The first-order valence-corrected chi connectivity index (χ1v) is 7.49. The summed E-state index contributed by atoms with van der Waals surface area (Å²) in [7, 11) is 0. The van der Waals surface area contributed by atoms with Crippen molar-refractivity contribution >= 4 is 6.03 Å². The van der Waals surface area contributed by atoms with E-state index in [9.17, 15) is 13.6 Å². The van der Waals surface area contributed by atoms with Crippen LogP contribution >= 0.6 is 0 Å². The molecular weight excluding hydrogens is 294 g/mol. The molecule has 2 amide bonds. The number of morpholine rings is 1. The molecule has 1 fully saturated rings. The Hall–Kier alpha value is -1.70. The van der Waals surface area contributed by atoms with E-state index in [4.69, 9.17) is 4.74 Å². The largest absolute Gasteiger partial charge is 0.372 e. The van der Waals surface area contributed by atoms with E-state index in [-0.39, 0.29) is 37.0 Å². The minimum atomic E-state index is -2.61. The Morgan fingerprint density at radius 2 is 2.32 bits per heavy atom. The minimum absolute atomic E-state index is 0.00202. The van der Waals surface area contributed by atoms with Gasteiger partial charge in [-0.25, -0.2) is 9.78 Å². The second-order valence-corrected chi connectivity index (χ2v) is 5.39. The monoisotopic (exact) mass is 316 g/mol. The lowest BCUT2D eigenvalue weighted by Gasteiger charge is -2.36. The highest BCUT2D eigenvalue weighted by Crippen LogP contribution is 2.14. The Morgan fingerprint density at radius 1 is 1.55 bits per heavy atom. The van der Waals surface area contributed by atoms with Crippen LogP contribution in [0.25, 0.3) is 0 Å². The van der Waals surface area contributed by atoms with E-state index in [1.165, 1.54) is 12.4 Å². The molecule has 0 radical (unpaired) electrons. The molecule has 1 aromatic heterocycles. The first kappa shape index (κ1) is 16.7. The van der Waals surface area contributed by atoms with Gasteiger partial charge in [-0.1, -0.05) is 6.92 Å². The molecule has 0 aliphatic carbocycles. The van der Waals surface area contributed by atoms with Crippen molar-refractivity contribution in [3.05, 3.63) is 18.2 Å². The van der Waals surface area contributed by atoms with Crippen LogP contribution in [0.5, 0.6) is 0 Å². The highest BCUT2D eigenvalue weighted by molar-refractivity contribution is 5.74. The van der Waals surface area contributed by atoms with Crippen LogP contribution in [0.1, 0.15) is 32.6 Å². The predicted octanol–water partition coefficient (Wildman–Crippen LogP) is 2.03. The quantitative estimate of drug-likeness (QED) is 0.904. The number of hydrogen-bond donors (Lipinski definition) is 1. The van der Waals surface area contributed by atoms with Crippen molar-refractivity contribution in [2.24, 2.45) is 0 Å². The van der Waals surface area contributed by atoms with Crippen LogP contribution < -0.4 is 5.32 Å². The first-order chi connectivity index (χ1) is 10.5. The number of nitrogens with one attached hydrogen (secondary N) is 1. The normalized spacial score (nSPS) is 22.1. The van der Waals surface area contributed by atoms with E-state index in [0.29, 0.717) is 13.1 Å². The number of carbonyl (C=O) groups is 1. The van der Waals surface area contributed by atoms with Crippen LogP contribution in [0.15, 0.2) is 12.4 Å². The summed E-state index contributed by atoms with van der Waals surface area (Å²) in [5, 5.41) is 2.76. The molecule has 0 spiro atoms. The number of rotatable bonds is 5. The second kappa shape index (κ2) is 7.53. The third kappa shape index (κ3) is 4.16. The Labute approximate surface area is 128 Å². The Bertz CT molecular complexity index is 495. The molecule has 1 aliphatic heterocycles. The van der Waals surface area contributed by atoms with Crippen molar-refractivity contribution in [3.63, 3.8) is 0 Å². The van der Waals surface area contributed by atoms with Gasteiger partial charge in [-0.05, 0) is 13.3 Å². The van der Waals surface area contributed by atoms with Gasteiger partial charge in [0.15, 0.2) is 0 Å². The Kier molecular flexibility index (Phi) is 5.70. The molecule has 1 aromatic rings. The number of carbonyl (C=O) groups excluding carboxylic acids is 1. The van der Waals surface area contributed by atoms with E-state index in [2.05, 4.69) is 10.3 Å². The lowest BCUT2D eigenvalue weighted by Crippen LogP contribution is -2.52. The molecule has 0 saturated carbocycles. The van der Waals surface area contributed by atoms with Gasteiger partial charge in [-0.3, -0.25) is 4.57 Å². The Balaban J connectivity index is 1.81. The summed E-state index contributed by atoms with van der Waals surface area (Å²) in [5.74, 6) is 0.261. The molecule has 8 heteroatoms. The molecule has 2 atom stereocenters. The molecule has 2 heterocycles. The standard InChI is InChI=1S/C14H22F2N4O2/c1-3-11-9-19(8-10(2)22-11)14(21)18-5-4-12-17-6-7-20(12)13(15)16/h6-7,10-11,13H,3-5,8-9H2,1-2H3,(H,18,21)/t10-,11+/m0/s1. The average molecular weight is 316 g/mol. The Morgan fingerprint density at radius 3 is 3.00 bits per heavy atom. The van der Waals surface area contributed by atoms with Gasteiger partial charge in [-0.2, -0.15) is 8.78 Å². The molecule has 0 aromatic carbocycles. The zero-order chi connectivity index (χ0) is 16.1. The van der Waals surface area contributed by atoms with Crippen molar-refractivity contribution in [3.8, 4) is 0 Å². The number of halogens is 2.